The van der Waals surface area contributed by atoms with E-state index in [2.05, 4.69) is 19.2 Å². The molecule has 11 heavy (non-hydrogen) atoms. The van der Waals surface area contributed by atoms with E-state index < -0.39 is 0 Å². The van der Waals surface area contributed by atoms with Crippen LogP contribution < -0.4 is 0 Å². The molecule has 1 unspecified atom stereocenters. The molecular formula is C9H20NW-. The van der Waals surface area contributed by atoms with Crippen molar-refractivity contribution < 1.29 is 21.1 Å². The SMILES string of the molecule is CCCC(CC)CC[N-]C.[W]. The molecule has 0 aromatic rings. The van der Waals surface area contributed by atoms with Crippen LogP contribution in [0.15, 0.2) is 0 Å². The Balaban J connectivity index is 0. The van der Waals surface area contributed by atoms with Crippen molar-refractivity contribution in [1.82, 2.24) is 0 Å². The quantitative estimate of drug-likeness (QED) is 0.712. The summed E-state index contributed by atoms with van der Waals surface area (Å²) in [6.45, 7) is 5.58. The Labute approximate surface area is 85.6 Å². The smallest absolute Gasteiger partial charge is 0 e. The van der Waals surface area contributed by atoms with E-state index in [1.165, 1.54) is 25.7 Å². The molecular weight excluding hydrogens is 306 g/mol. The van der Waals surface area contributed by atoms with Crippen molar-refractivity contribution in [3.63, 3.8) is 0 Å². The van der Waals surface area contributed by atoms with Gasteiger partial charge in [-0.15, -0.1) is 6.54 Å². The third-order valence-corrected chi connectivity index (χ3v) is 2.04. The van der Waals surface area contributed by atoms with Crippen LogP contribution in [0.25, 0.3) is 5.32 Å². The normalized spacial score (nSPS) is 12.3. The fourth-order valence-corrected chi connectivity index (χ4v) is 1.27. The summed E-state index contributed by atoms with van der Waals surface area (Å²) in [5.74, 6) is 0.925. The van der Waals surface area contributed by atoms with E-state index in [0.29, 0.717) is 0 Å². The van der Waals surface area contributed by atoms with Gasteiger partial charge in [-0.2, -0.15) is 7.05 Å². The number of rotatable bonds is 6. The van der Waals surface area contributed by atoms with Crippen LogP contribution in [0.3, 0.4) is 0 Å². The molecule has 2 heteroatoms. The Morgan fingerprint density at radius 3 is 2.18 bits per heavy atom. The summed E-state index contributed by atoms with van der Waals surface area (Å²) in [5.41, 5.74) is 0. The van der Waals surface area contributed by atoms with Crippen molar-refractivity contribution in [2.75, 3.05) is 13.6 Å². The van der Waals surface area contributed by atoms with Gasteiger partial charge in [-0.25, -0.2) is 0 Å². The molecule has 0 fully saturated rings. The second-order valence-corrected chi connectivity index (χ2v) is 2.89. The summed E-state index contributed by atoms with van der Waals surface area (Å²) in [4.78, 5) is 0. The van der Waals surface area contributed by atoms with Crippen LogP contribution in [0.2, 0.25) is 0 Å². The average Bonchev–Trinajstić information content (AvgIpc) is 1.98. The second kappa shape index (κ2) is 10.6. The van der Waals surface area contributed by atoms with Crippen molar-refractivity contribution in [2.45, 2.75) is 39.5 Å². The summed E-state index contributed by atoms with van der Waals surface area (Å²) in [6.07, 6.45) is 5.32. The van der Waals surface area contributed by atoms with Crippen molar-refractivity contribution in [2.24, 2.45) is 5.92 Å². The molecule has 0 rings (SSSR count). The van der Waals surface area contributed by atoms with Crippen LogP contribution in [-0.4, -0.2) is 13.6 Å². The molecule has 0 saturated heterocycles. The van der Waals surface area contributed by atoms with Gasteiger partial charge in [0.05, 0.1) is 0 Å². The van der Waals surface area contributed by atoms with Gasteiger partial charge in [0.2, 0.25) is 0 Å². The molecule has 68 valence electrons. The van der Waals surface area contributed by atoms with E-state index in [1.807, 2.05) is 7.05 Å². The van der Waals surface area contributed by atoms with Gasteiger partial charge in [-0.05, 0) is 5.92 Å². The van der Waals surface area contributed by atoms with Gasteiger partial charge in [-0.3, -0.25) is 0 Å². The number of nitrogens with zero attached hydrogens (tertiary/aromatic N) is 1. The van der Waals surface area contributed by atoms with Gasteiger partial charge in [0, 0.05) is 21.1 Å². The molecule has 0 aliphatic heterocycles. The van der Waals surface area contributed by atoms with Crippen molar-refractivity contribution >= 4 is 0 Å². The van der Waals surface area contributed by atoms with Gasteiger partial charge in [-0.1, -0.05) is 39.5 Å². The zero-order chi connectivity index (χ0) is 7.82. The van der Waals surface area contributed by atoms with Gasteiger partial charge in [0.25, 0.3) is 0 Å². The van der Waals surface area contributed by atoms with Gasteiger partial charge >= 0.3 is 0 Å². The third kappa shape index (κ3) is 8.56. The predicted octanol–water partition coefficient (Wildman–Crippen LogP) is 3.20. The maximum Gasteiger partial charge on any atom is 0 e. The third-order valence-electron chi connectivity index (χ3n) is 2.04. The first-order valence-electron chi connectivity index (χ1n) is 4.40. The Morgan fingerprint density at radius 1 is 1.18 bits per heavy atom. The summed E-state index contributed by atoms with van der Waals surface area (Å²) < 4.78 is 0. The van der Waals surface area contributed by atoms with Crippen LogP contribution in [0.4, 0.5) is 0 Å². The van der Waals surface area contributed by atoms with Crippen LogP contribution in [0, 0.1) is 5.92 Å². The fraction of sp³-hybridized carbons (Fsp3) is 1.00. The molecule has 0 N–H and O–H groups in total. The zero-order valence-corrected chi connectivity index (χ0v) is 10.9. The molecule has 0 aromatic carbocycles. The van der Waals surface area contributed by atoms with E-state index in [4.69, 9.17) is 0 Å². The Hall–Kier alpha value is 0.648. The summed E-state index contributed by atoms with van der Waals surface area (Å²) in [6, 6.07) is 0. The molecule has 0 spiro atoms. The van der Waals surface area contributed by atoms with Crippen molar-refractivity contribution in [3.05, 3.63) is 5.32 Å². The standard InChI is InChI=1S/C9H20N.W/c1-4-6-9(5-2)7-8-10-3;/h9H,4-8H2,1-3H3;/q-1;. The topological polar surface area (TPSA) is 14.1 Å². The molecule has 1 nitrogen and oxygen atoms in total. The van der Waals surface area contributed by atoms with E-state index >= 15 is 0 Å². The molecule has 0 aliphatic carbocycles. The molecule has 0 aromatic heterocycles. The number of hydrogen-bond acceptors (Lipinski definition) is 0. The maximum atomic E-state index is 4.11. The first-order valence-corrected chi connectivity index (χ1v) is 4.40. The molecule has 0 radical (unpaired) electrons. The Morgan fingerprint density at radius 2 is 1.82 bits per heavy atom. The van der Waals surface area contributed by atoms with Crippen LogP contribution in [0.1, 0.15) is 39.5 Å². The Bertz CT molecular complexity index is 66.6. The predicted molar refractivity (Wildman–Crippen MR) is 47.5 cm³/mol. The monoisotopic (exact) mass is 326 g/mol. The first-order chi connectivity index (χ1) is 4.85. The van der Waals surface area contributed by atoms with Crippen molar-refractivity contribution in [3.8, 4) is 0 Å². The minimum Gasteiger partial charge on any atom is -0.665 e. The van der Waals surface area contributed by atoms with Crippen LogP contribution in [0.5, 0.6) is 0 Å². The van der Waals surface area contributed by atoms with Gasteiger partial charge < -0.3 is 5.32 Å². The van der Waals surface area contributed by atoms with Crippen molar-refractivity contribution in [1.29, 1.82) is 0 Å². The van der Waals surface area contributed by atoms with E-state index in [-0.39, 0.29) is 21.1 Å². The summed E-state index contributed by atoms with van der Waals surface area (Å²) in [7, 11) is 1.90. The minimum atomic E-state index is 0. The minimum absolute atomic E-state index is 0. The molecule has 1 atom stereocenters. The second-order valence-electron chi connectivity index (χ2n) is 2.89. The van der Waals surface area contributed by atoms with E-state index in [0.717, 1.165) is 12.5 Å². The van der Waals surface area contributed by atoms with Crippen LogP contribution in [-0.2, 0) is 21.1 Å². The number of hydrogen-bond donors (Lipinski definition) is 0. The summed E-state index contributed by atoms with van der Waals surface area (Å²) in [5, 5.41) is 4.11. The van der Waals surface area contributed by atoms with Crippen LogP contribution >= 0.6 is 0 Å². The molecule has 0 heterocycles. The molecule has 0 saturated carbocycles. The zero-order valence-electron chi connectivity index (χ0n) is 7.97. The summed E-state index contributed by atoms with van der Waals surface area (Å²) >= 11 is 0. The van der Waals surface area contributed by atoms with E-state index in [1.54, 1.807) is 0 Å². The first kappa shape index (κ1) is 14.2. The van der Waals surface area contributed by atoms with Gasteiger partial charge in [0.15, 0.2) is 0 Å². The molecule has 0 amide bonds. The molecule has 0 aliphatic rings. The Kier molecular flexibility index (Phi) is 13.7. The maximum absolute atomic E-state index is 4.11. The largest absolute Gasteiger partial charge is 0.665 e. The fourth-order valence-electron chi connectivity index (χ4n) is 1.27. The molecule has 0 bridgehead atoms. The van der Waals surface area contributed by atoms with E-state index in [9.17, 15) is 0 Å². The van der Waals surface area contributed by atoms with Gasteiger partial charge in [0.1, 0.15) is 0 Å². The average molecular weight is 326 g/mol.